The van der Waals surface area contributed by atoms with Crippen LogP contribution in [0.25, 0.3) is 0 Å². The summed E-state index contributed by atoms with van der Waals surface area (Å²) in [6, 6.07) is 3.87. The molecule has 0 radical (unpaired) electrons. The summed E-state index contributed by atoms with van der Waals surface area (Å²) in [5.41, 5.74) is 0.0865. The van der Waals surface area contributed by atoms with Crippen molar-refractivity contribution in [3.8, 4) is 11.5 Å². The Bertz CT molecular complexity index is 522. The van der Waals surface area contributed by atoms with Crippen LogP contribution in [0, 0.1) is 5.92 Å². The van der Waals surface area contributed by atoms with E-state index in [1.54, 1.807) is 11.9 Å². The number of rotatable bonds is 2. The molecule has 2 rings (SSSR count). The van der Waals surface area contributed by atoms with Gasteiger partial charge in [0, 0.05) is 26.1 Å². The number of carbonyl (C=O) groups is 2. The summed E-state index contributed by atoms with van der Waals surface area (Å²) in [6.07, 6.45) is 1.20. The van der Waals surface area contributed by atoms with E-state index in [1.165, 1.54) is 18.2 Å². The first kappa shape index (κ1) is 14.2. The minimum absolute atomic E-state index is 0.00250. The minimum atomic E-state index is -0.325. The average molecular weight is 278 g/mol. The Hall–Kier alpha value is -2.24. The summed E-state index contributed by atoms with van der Waals surface area (Å²) >= 11 is 0. The molecule has 3 N–H and O–H groups in total. The van der Waals surface area contributed by atoms with Gasteiger partial charge in [-0.1, -0.05) is 0 Å². The Morgan fingerprint density at radius 2 is 1.90 bits per heavy atom. The van der Waals surface area contributed by atoms with Crippen LogP contribution in [0.5, 0.6) is 11.5 Å². The number of aromatic hydroxyl groups is 2. The number of benzene rings is 1. The zero-order valence-electron chi connectivity index (χ0n) is 11.3. The van der Waals surface area contributed by atoms with Crippen molar-refractivity contribution in [1.82, 2.24) is 10.2 Å². The van der Waals surface area contributed by atoms with Crippen molar-refractivity contribution in [2.24, 2.45) is 5.92 Å². The van der Waals surface area contributed by atoms with Gasteiger partial charge in [0.1, 0.15) is 11.5 Å². The Kier molecular flexibility index (Phi) is 4.12. The molecule has 1 heterocycles. The number of phenolic OH excluding ortho intramolecular Hbond substituents is 2. The number of hydrogen-bond acceptors (Lipinski definition) is 4. The summed E-state index contributed by atoms with van der Waals surface area (Å²) in [7, 11) is 1.60. The van der Waals surface area contributed by atoms with Crippen LogP contribution < -0.4 is 5.32 Å². The van der Waals surface area contributed by atoms with Gasteiger partial charge < -0.3 is 20.4 Å². The number of hydrogen-bond donors (Lipinski definition) is 3. The molecule has 0 atom stereocenters. The molecule has 20 heavy (non-hydrogen) atoms. The van der Waals surface area contributed by atoms with Crippen molar-refractivity contribution in [2.75, 3.05) is 20.1 Å². The van der Waals surface area contributed by atoms with E-state index < -0.39 is 0 Å². The monoisotopic (exact) mass is 278 g/mol. The summed E-state index contributed by atoms with van der Waals surface area (Å²) in [5, 5.41) is 21.7. The van der Waals surface area contributed by atoms with Crippen molar-refractivity contribution < 1.29 is 19.8 Å². The molecule has 0 aliphatic carbocycles. The fraction of sp³-hybridized carbons (Fsp3) is 0.429. The van der Waals surface area contributed by atoms with E-state index in [2.05, 4.69) is 5.32 Å². The number of piperidine rings is 1. The largest absolute Gasteiger partial charge is 0.508 e. The van der Waals surface area contributed by atoms with Gasteiger partial charge in [-0.15, -0.1) is 0 Å². The second kappa shape index (κ2) is 5.81. The summed E-state index contributed by atoms with van der Waals surface area (Å²) < 4.78 is 0. The molecular weight excluding hydrogens is 260 g/mol. The highest BCUT2D eigenvalue weighted by atomic mass is 16.3. The van der Waals surface area contributed by atoms with E-state index in [0.29, 0.717) is 25.9 Å². The molecule has 1 saturated heterocycles. The van der Waals surface area contributed by atoms with Gasteiger partial charge in [0.25, 0.3) is 5.91 Å². The number of amides is 2. The summed E-state index contributed by atoms with van der Waals surface area (Å²) in [4.78, 5) is 25.4. The van der Waals surface area contributed by atoms with Gasteiger partial charge in [-0.05, 0) is 31.0 Å². The molecule has 0 spiro atoms. The lowest BCUT2D eigenvalue weighted by Gasteiger charge is -2.31. The van der Waals surface area contributed by atoms with E-state index in [9.17, 15) is 19.8 Å². The van der Waals surface area contributed by atoms with E-state index in [1.807, 2.05) is 0 Å². The lowest BCUT2D eigenvalue weighted by molar-refractivity contribution is -0.125. The average Bonchev–Trinajstić information content (AvgIpc) is 2.48. The molecule has 0 bridgehead atoms. The standard InChI is InChI=1S/C14H18N2O4/c1-15-13(19)9-4-6-16(7-5-9)14(20)11-8-10(17)2-3-12(11)18/h2-3,8-9,17-18H,4-7H2,1H3,(H,15,19). The number of nitrogens with zero attached hydrogens (tertiary/aromatic N) is 1. The normalized spacial score (nSPS) is 15.9. The first-order chi connectivity index (χ1) is 9.52. The lowest BCUT2D eigenvalue weighted by Crippen LogP contribution is -2.42. The van der Waals surface area contributed by atoms with Gasteiger partial charge in [0.05, 0.1) is 5.56 Å². The Labute approximate surface area is 117 Å². The smallest absolute Gasteiger partial charge is 0.257 e. The Morgan fingerprint density at radius 3 is 2.50 bits per heavy atom. The van der Waals surface area contributed by atoms with Crippen LogP contribution in [-0.2, 0) is 4.79 Å². The molecule has 1 aliphatic heterocycles. The number of carbonyl (C=O) groups excluding carboxylic acids is 2. The maximum Gasteiger partial charge on any atom is 0.257 e. The van der Waals surface area contributed by atoms with Crippen molar-refractivity contribution >= 4 is 11.8 Å². The molecule has 108 valence electrons. The zero-order chi connectivity index (χ0) is 14.7. The molecule has 1 aromatic rings. The van der Waals surface area contributed by atoms with Gasteiger partial charge in [0.2, 0.25) is 5.91 Å². The molecule has 6 nitrogen and oxygen atoms in total. The third kappa shape index (κ3) is 2.84. The SMILES string of the molecule is CNC(=O)C1CCN(C(=O)c2cc(O)ccc2O)CC1. The fourth-order valence-corrected chi connectivity index (χ4v) is 2.41. The molecule has 1 aromatic carbocycles. The predicted octanol–water partition coefficient (Wildman–Crippen LogP) is 0.696. The predicted molar refractivity (Wildman–Crippen MR) is 72.5 cm³/mol. The molecule has 0 aromatic heterocycles. The van der Waals surface area contributed by atoms with Crippen molar-refractivity contribution in [3.63, 3.8) is 0 Å². The van der Waals surface area contributed by atoms with E-state index >= 15 is 0 Å². The van der Waals surface area contributed by atoms with Gasteiger partial charge in [0.15, 0.2) is 0 Å². The highest BCUT2D eigenvalue weighted by Crippen LogP contribution is 2.26. The van der Waals surface area contributed by atoms with E-state index in [-0.39, 0.29) is 34.8 Å². The summed E-state index contributed by atoms with van der Waals surface area (Å²) in [6.45, 7) is 0.929. The molecule has 2 amide bonds. The second-order valence-electron chi connectivity index (χ2n) is 4.88. The minimum Gasteiger partial charge on any atom is -0.508 e. The van der Waals surface area contributed by atoms with Crippen molar-refractivity contribution in [3.05, 3.63) is 23.8 Å². The lowest BCUT2D eigenvalue weighted by atomic mass is 9.95. The summed E-state index contributed by atoms with van der Waals surface area (Å²) in [5.74, 6) is -0.611. The van der Waals surface area contributed by atoms with Crippen LogP contribution in [0.15, 0.2) is 18.2 Å². The number of nitrogens with one attached hydrogen (secondary N) is 1. The zero-order valence-corrected chi connectivity index (χ0v) is 11.3. The van der Waals surface area contributed by atoms with E-state index in [4.69, 9.17) is 0 Å². The maximum atomic E-state index is 12.3. The van der Waals surface area contributed by atoms with Gasteiger partial charge in [-0.3, -0.25) is 9.59 Å². The van der Waals surface area contributed by atoms with Crippen molar-refractivity contribution in [1.29, 1.82) is 0 Å². The van der Waals surface area contributed by atoms with Crippen LogP contribution in [0.1, 0.15) is 23.2 Å². The first-order valence-corrected chi connectivity index (χ1v) is 6.55. The van der Waals surface area contributed by atoms with Gasteiger partial charge in [-0.25, -0.2) is 0 Å². The van der Waals surface area contributed by atoms with Crippen LogP contribution in [0.3, 0.4) is 0 Å². The highest BCUT2D eigenvalue weighted by Gasteiger charge is 2.28. The van der Waals surface area contributed by atoms with Crippen molar-refractivity contribution in [2.45, 2.75) is 12.8 Å². The Balaban J connectivity index is 2.05. The van der Waals surface area contributed by atoms with E-state index in [0.717, 1.165) is 0 Å². The van der Waals surface area contributed by atoms with Crippen LogP contribution in [-0.4, -0.2) is 47.1 Å². The number of phenols is 2. The first-order valence-electron chi connectivity index (χ1n) is 6.55. The maximum absolute atomic E-state index is 12.3. The topological polar surface area (TPSA) is 89.9 Å². The molecule has 6 heteroatoms. The van der Waals surface area contributed by atoms with Crippen LogP contribution >= 0.6 is 0 Å². The van der Waals surface area contributed by atoms with Crippen LogP contribution in [0.2, 0.25) is 0 Å². The third-order valence-electron chi connectivity index (χ3n) is 3.61. The molecule has 1 aliphatic rings. The highest BCUT2D eigenvalue weighted by molar-refractivity contribution is 5.97. The van der Waals surface area contributed by atoms with Gasteiger partial charge >= 0.3 is 0 Å². The quantitative estimate of drug-likeness (QED) is 0.694. The Morgan fingerprint density at radius 1 is 1.25 bits per heavy atom. The molecule has 0 saturated carbocycles. The molecular formula is C14H18N2O4. The van der Waals surface area contributed by atoms with Crippen LogP contribution in [0.4, 0.5) is 0 Å². The number of likely N-dealkylation sites (tertiary alicyclic amines) is 1. The second-order valence-corrected chi connectivity index (χ2v) is 4.88. The molecule has 1 fully saturated rings. The third-order valence-corrected chi connectivity index (χ3v) is 3.61. The van der Waals surface area contributed by atoms with Gasteiger partial charge in [-0.2, -0.15) is 0 Å². The molecule has 0 unspecified atom stereocenters. The fourth-order valence-electron chi connectivity index (χ4n) is 2.41.